The lowest BCUT2D eigenvalue weighted by Gasteiger charge is -2.23. The highest BCUT2D eigenvalue weighted by molar-refractivity contribution is 7.99. The van der Waals surface area contributed by atoms with Gasteiger partial charge in [-0.15, -0.1) is 6.58 Å². The number of rotatable bonds is 7. The Hall–Kier alpha value is -1.21. The van der Waals surface area contributed by atoms with Crippen LogP contribution in [0.1, 0.15) is 6.42 Å². The highest BCUT2D eigenvalue weighted by Crippen LogP contribution is 2.18. The monoisotopic (exact) mass is 274 g/mol. The highest BCUT2D eigenvalue weighted by Gasteiger charge is 2.43. The maximum absolute atomic E-state index is 11.6. The van der Waals surface area contributed by atoms with Crippen LogP contribution in [0.25, 0.3) is 0 Å². The van der Waals surface area contributed by atoms with Crippen molar-refractivity contribution in [2.24, 2.45) is 0 Å². The zero-order valence-corrected chi connectivity index (χ0v) is 10.9. The van der Waals surface area contributed by atoms with Crippen molar-refractivity contribution in [2.75, 3.05) is 31.3 Å². The van der Waals surface area contributed by atoms with E-state index >= 15 is 0 Å². The van der Waals surface area contributed by atoms with Crippen LogP contribution in [-0.2, 0) is 9.53 Å². The third-order valence-corrected chi connectivity index (χ3v) is 3.52. The summed E-state index contributed by atoms with van der Waals surface area (Å²) in [6, 6.07) is -0.470. The number of amides is 2. The van der Waals surface area contributed by atoms with Gasteiger partial charge in [0.2, 0.25) is 0 Å². The van der Waals surface area contributed by atoms with Gasteiger partial charge in [-0.3, -0.25) is 0 Å². The van der Waals surface area contributed by atoms with Crippen LogP contribution < -0.4 is 10.6 Å². The number of urea groups is 1. The Morgan fingerprint density at radius 2 is 2.33 bits per heavy atom. The molecule has 0 bridgehead atoms. The molecular weight excluding hydrogens is 256 g/mol. The molecule has 102 valence electrons. The molecule has 0 spiro atoms. The minimum absolute atomic E-state index is 0.0148. The fourth-order valence-electron chi connectivity index (χ4n) is 1.55. The van der Waals surface area contributed by atoms with Gasteiger partial charge in [0.05, 0.1) is 6.61 Å². The smallest absolute Gasteiger partial charge is 0.332 e. The van der Waals surface area contributed by atoms with Crippen molar-refractivity contribution in [1.82, 2.24) is 10.6 Å². The topological polar surface area (TPSA) is 87.7 Å². The molecular formula is C11H18N2O4S. The van der Waals surface area contributed by atoms with Crippen LogP contribution in [0, 0.1) is 0 Å². The molecule has 1 fully saturated rings. The Labute approximate surface area is 110 Å². The molecule has 1 aliphatic heterocycles. The summed E-state index contributed by atoms with van der Waals surface area (Å²) >= 11 is 1.64. The Morgan fingerprint density at radius 1 is 1.56 bits per heavy atom. The zero-order valence-electron chi connectivity index (χ0n) is 10.1. The van der Waals surface area contributed by atoms with Gasteiger partial charge in [0.15, 0.2) is 5.54 Å². The van der Waals surface area contributed by atoms with Gasteiger partial charge in [0, 0.05) is 31.1 Å². The molecule has 3 N–H and O–H groups in total. The molecule has 1 unspecified atom stereocenters. The summed E-state index contributed by atoms with van der Waals surface area (Å²) in [5.74, 6) is 0.530. The molecule has 0 aromatic carbocycles. The van der Waals surface area contributed by atoms with Crippen LogP contribution in [-0.4, -0.2) is 53.9 Å². The predicted octanol–water partition coefficient (Wildman–Crippen LogP) is 0.448. The van der Waals surface area contributed by atoms with Crippen molar-refractivity contribution in [3.05, 3.63) is 12.7 Å². The van der Waals surface area contributed by atoms with Crippen LogP contribution in [0.3, 0.4) is 0 Å². The minimum Gasteiger partial charge on any atom is -0.479 e. The number of hydrogen-bond acceptors (Lipinski definition) is 4. The molecule has 1 atom stereocenters. The number of carbonyl (C=O) groups is 2. The molecule has 2 amide bonds. The Morgan fingerprint density at radius 3 is 2.89 bits per heavy atom. The van der Waals surface area contributed by atoms with E-state index in [4.69, 9.17) is 9.84 Å². The normalized spacial score (nSPS) is 22.4. The summed E-state index contributed by atoms with van der Waals surface area (Å²) < 4.78 is 5.04. The van der Waals surface area contributed by atoms with E-state index in [0.29, 0.717) is 19.6 Å². The van der Waals surface area contributed by atoms with Crippen LogP contribution in [0.15, 0.2) is 12.7 Å². The first kappa shape index (κ1) is 14.8. The van der Waals surface area contributed by atoms with E-state index < -0.39 is 17.5 Å². The summed E-state index contributed by atoms with van der Waals surface area (Å²) in [6.07, 6.45) is 2.08. The Balaban J connectivity index is 2.29. The van der Waals surface area contributed by atoms with Crippen molar-refractivity contribution in [2.45, 2.75) is 12.0 Å². The fraction of sp³-hybridized carbons (Fsp3) is 0.636. The van der Waals surface area contributed by atoms with Crippen LogP contribution in [0.2, 0.25) is 0 Å². The molecule has 1 heterocycles. The van der Waals surface area contributed by atoms with Gasteiger partial charge in [-0.1, -0.05) is 6.08 Å². The van der Waals surface area contributed by atoms with E-state index in [1.165, 1.54) is 0 Å². The molecule has 0 aliphatic carbocycles. The van der Waals surface area contributed by atoms with E-state index in [0.717, 1.165) is 11.5 Å². The van der Waals surface area contributed by atoms with Gasteiger partial charge in [-0.2, -0.15) is 11.8 Å². The molecule has 1 aliphatic rings. The average Bonchev–Trinajstić information content (AvgIpc) is 2.78. The van der Waals surface area contributed by atoms with Crippen molar-refractivity contribution >= 4 is 23.8 Å². The van der Waals surface area contributed by atoms with Crippen LogP contribution in [0.5, 0.6) is 0 Å². The first-order valence-electron chi connectivity index (χ1n) is 5.66. The van der Waals surface area contributed by atoms with Crippen molar-refractivity contribution < 1.29 is 19.4 Å². The lowest BCUT2D eigenvalue weighted by molar-refractivity contribution is -0.144. The number of carboxylic acid groups (broad SMARTS) is 1. The zero-order chi connectivity index (χ0) is 13.4. The number of carboxylic acids is 1. The first-order chi connectivity index (χ1) is 8.60. The first-order valence-corrected chi connectivity index (χ1v) is 6.82. The standard InChI is InChI=1S/C11H18N2O4S/c1-2-6-18-7-4-12-10(16)13-11(9(14)15)3-5-17-8-11/h2H,1,3-8H2,(H,14,15)(H2,12,13,16). The summed E-state index contributed by atoms with van der Waals surface area (Å²) in [6.45, 7) is 4.44. The van der Waals surface area contributed by atoms with Crippen molar-refractivity contribution in [3.8, 4) is 0 Å². The van der Waals surface area contributed by atoms with E-state index in [1.54, 1.807) is 17.8 Å². The SMILES string of the molecule is C=CCSCCNC(=O)NC1(C(=O)O)CCOC1. The number of ether oxygens (including phenoxy) is 1. The summed E-state index contributed by atoms with van der Waals surface area (Å²) in [5.41, 5.74) is -1.28. The number of hydrogen-bond donors (Lipinski definition) is 3. The molecule has 1 rings (SSSR count). The predicted molar refractivity (Wildman–Crippen MR) is 69.9 cm³/mol. The second-order valence-corrected chi connectivity index (χ2v) is 5.08. The highest BCUT2D eigenvalue weighted by atomic mass is 32.2. The van der Waals surface area contributed by atoms with Gasteiger partial charge in [0.25, 0.3) is 0 Å². The number of nitrogens with one attached hydrogen (secondary N) is 2. The summed E-state index contributed by atoms with van der Waals surface area (Å²) in [4.78, 5) is 22.7. The van der Waals surface area contributed by atoms with E-state index in [1.807, 2.05) is 0 Å². The third-order valence-electron chi connectivity index (χ3n) is 2.55. The Bertz CT molecular complexity index is 316. The third kappa shape index (κ3) is 4.23. The molecule has 0 radical (unpaired) electrons. The average molecular weight is 274 g/mol. The molecule has 0 saturated carbocycles. The second kappa shape index (κ2) is 7.27. The molecule has 0 aromatic rings. The molecule has 18 heavy (non-hydrogen) atoms. The molecule has 1 saturated heterocycles. The molecule has 7 heteroatoms. The number of aliphatic carboxylic acids is 1. The van der Waals surface area contributed by atoms with Crippen LogP contribution >= 0.6 is 11.8 Å². The maximum Gasteiger partial charge on any atom is 0.332 e. The van der Waals surface area contributed by atoms with Gasteiger partial charge in [-0.25, -0.2) is 9.59 Å². The van der Waals surface area contributed by atoms with Gasteiger partial charge in [-0.05, 0) is 0 Å². The van der Waals surface area contributed by atoms with Gasteiger partial charge >= 0.3 is 12.0 Å². The van der Waals surface area contributed by atoms with Crippen LogP contribution in [0.4, 0.5) is 4.79 Å². The largest absolute Gasteiger partial charge is 0.479 e. The molecule has 6 nitrogen and oxygen atoms in total. The van der Waals surface area contributed by atoms with Crippen molar-refractivity contribution in [1.29, 1.82) is 0 Å². The lowest BCUT2D eigenvalue weighted by Crippen LogP contribution is -2.57. The second-order valence-electron chi connectivity index (χ2n) is 3.93. The quantitative estimate of drug-likeness (QED) is 0.463. The Kier molecular flexibility index (Phi) is 6.00. The summed E-state index contributed by atoms with van der Waals surface area (Å²) in [5, 5.41) is 14.2. The van der Waals surface area contributed by atoms with Gasteiger partial charge in [0.1, 0.15) is 0 Å². The van der Waals surface area contributed by atoms with E-state index in [-0.39, 0.29) is 6.61 Å². The number of thioether (sulfide) groups is 1. The number of carbonyl (C=O) groups excluding carboxylic acids is 1. The summed E-state index contributed by atoms with van der Waals surface area (Å²) in [7, 11) is 0. The lowest BCUT2D eigenvalue weighted by atomic mass is 9.99. The van der Waals surface area contributed by atoms with E-state index in [2.05, 4.69) is 17.2 Å². The molecule has 0 aromatic heterocycles. The minimum atomic E-state index is -1.28. The maximum atomic E-state index is 11.6. The van der Waals surface area contributed by atoms with Gasteiger partial charge < -0.3 is 20.5 Å². The van der Waals surface area contributed by atoms with Crippen molar-refractivity contribution in [3.63, 3.8) is 0 Å². The van der Waals surface area contributed by atoms with E-state index in [9.17, 15) is 9.59 Å². The fourth-order valence-corrected chi connectivity index (χ4v) is 2.13.